The fourth-order valence-corrected chi connectivity index (χ4v) is 2.15. The Morgan fingerprint density at radius 3 is 2.68 bits per heavy atom. The molecule has 0 spiro atoms. The number of hydrogen-bond acceptors (Lipinski definition) is 4. The molecule has 6 nitrogen and oxygen atoms in total. The molecular formula is C11H9Cl2N3O3. The van der Waals surface area contributed by atoms with Crippen LogP contribution in [0.1, 0.15) is 5.69 Å². The van der Waals surface area contributed by atoms with Crippen LogP contribution in [0, 0.1) is 10.1 Å². The summed E-state index contributed by atoms with van der Waals surface area (Å²) >= 11 is 12.0. The minimum absolute atomic E-state index is 0.00646. The lowest BCUT2D eigenvalue weighted by atomic mass is 10.3. The first-order valence-corrected chi connectivity index (χ1v) is 5.97. The Balaban J connectivity index is 2.63. The highest BCUT2D eigenvalue weighted by atomic mass is 35.5. The highest BCUT2D eigenvalue weighted by Gasteiger charge is 2.27. The van der Waals surface area contributed by atoms with Gasteiger partial charge in [0.1, 0.15) is 0 Å². The van der Waals surface area contributed by atoms with Gasteiger partial charge in [-0.3, -0.25) is 10.1 Å². The van der Waals surface area contributed by atoms with Gasteiger partial charge in [-0.05, 0) is 12.1 Å². The molecule has 0 amide bonds. The monoisotopic (exact) mass is 301 g/mol. The predicted molar refractivity (Wildman–Crippen MR) is 71.0 cm³/mol. The molecule has 100 valence electrons. The lowest BCUT2D eigenvalue weighted by Gasteiger charge is -2.03. The number of nitrogens with zero attached hydrogens (tertiary/aromatic N) is 3. The van der Waals surface area contributed by atoms with E-state index in [-0.39, 0.29) is 23.1 Å². The standard InChI is InChI=1S/C11H9Cl2N3O3/c1-19-6-8-10(16(17)18)11(13)15(14-8)9-5-3-2-4-7(9)12/h2-5H,6H2,1H3. The zero-order chi connectivity index (χ0) is 14.0. The molecule has 0 fully saturated rings. The fraction of sp³-hybridized carbons (Fsp3) is 0.182. The molecule has 1 heterocycles. The third-order valence-electron chi connectivity index (χ3n) is 2.42. The van der Waals surface area contributed by atoms with E-state index in [0.717, 1.165) is 0 Å². The second-order valence-corrected chi connectivity index (χ2v) is 4.40. The topological polar surface area (TPSA) is 70.2 Å². The molecule has 0 bridgehead atoms. The Hall–Kier alpha value is -1.63. The van der Waals surface area contributed by atoms with E-state index in [9.17, 15) is 10.1 Å². The molecule has 2 aromatic rings. The molecule has 0 N–H and O–H groups in total. The lowest BCUT2D eigenvalue weighted by molar-refractivity contribution is -0.385. The summed E-state index contributed by atoms with van der Waals surface area (Å²) < 4.78 is 6.11. The van der Waals surface area contributed by atoms with Crippen molar-refractivity contribution in [1.82, 2.24) is 9.78 Å². The van der Waals surface area contributed by atoms with Crippen molar-refractivity contribution in [3.8, 4) is 5.69 Å². The third-order valence-corrected chi connectivity index (χ3v) is 3.08. The first-order valence-electron chi connectivity index (χ1n) is 5.22. The molecule has 8 heteroatoms. The van der Waals surface area contributed by atoms with E-state index < -0.39 is 4.92 Å². The van der Waals surface area contributed by atoms with E-state index in [4.69, 9.17) is 27.9 Å². The number of hydrogen-bond donors (Lipinski definition) is 0. The highest BCUT2D eigenvalue weighted by Crippen LogP contribution is 2.33. The molecule has 0 saturated carbocycles. The van der Waals surface area contributed by atoms with Crippen LogP contribution in [0.4, 0.5) is 5.69 Å². The molecule has 2 rings (SSSR count). The molecule has 1 aromatic heterocycles. The Labute approximate surface area is 118 Å². The van der Waals surface area contributed by atoms with Crippen molar-refractivity contribution < 1.29 is 9.66 Å². The summed E-state index contributed by atoms with van der Waals surface area (Å²) in [5, 5.41) is 15.4. The summed E-state index contributed by atoms with van der Waals surface area (Å²) in [6.07, 6.45) is 0. The molecule has 0 aliphatic heterocycles. The van der Waals surface area contributed by atoms with Crippen LogP contribution in [0.15, 0.2) is 24.3 Å². The molecule has 0 saturated heterocycles. The smallest absolute Gasteiger partial charge is 0.331 e. The number of halogens is 2. The van der Waals surface area contributed by atoms with Gasteiger partial charge in [0.15, 0.2) is 5.69 Å². The van der Waals surface area contributed by atoms with Crippen molar-refractivity contribution >= 4 is 28.9 Å². The predicted octanol–water partition coefficient (Wildman–Crippen LogP) is 3.23. The zero-order valence-corrected chi connectivity index (χ0v) is 11.4. The van der Waals surface area contributed by atoms with Gasteiger partial charge >= 0.3 is 5.69 Å². The minimum atomic E-state index is -0.586. The number of nitro groups is 1. The van der Waals surface area contributed by atoms with E-state index in [1.807, 2.05) is 0 Å². The van der Waals surface area contributed by atoms with E-state index in [2.05, 4.69) is 5.10 Å². The van der Waals surface area contributed by atoms with Crippen LogP contribution in [-0.2, 0) is 11.3 Å². The maximum atomic E-state index is 11.0. The van der Waals surface area contributed by atoms with Crippen LogP contribution in [0.3, 0.4) is 0 Å². The largest absolute Gasteiger partial charge is 0.378 e. The number of para-hydroxylation sites is 1. The van der Waals surface area contributed by atoms with Crippen LogP contribution < -0.4 is 0 Å². The second-order valence-electron chi connectivity index (χ2n) is 3.64. The van der Waals surface area contributed by atoms with Crippen LogP contribution in [0.25, 0.3) is 5.69 Å². The van der Waals surface area contributed by atoms with Gasteiger partial charge in [-0.15, -0.1) is 0 Å². The van der Waals surface area contributed by atoms with E-state index in [1.165, 1.54) is 11.8 Å². The van der Waals surface area contributed by atoms with Crippen molar-refractivity contribution in [2.24, 2.45) is 0 Å². The number of methoxy groups -OCH3 is 1. The first-order chi connectivity index (χ1) is 9.06. The Bertz CT molecular complexity index is 628. The van der Waals surface area contributed by atoms with Gasteiger partial charge < -0.3 is 4.74 Å². The van der Waals surface area contributed by atoms with Crippen molar-refractivity contribution in [3.05, 3.63) is 50.2 Å². The summed E-state index contributed by atoms with van der Waals surface area (Å²) in [6, 6.07) is 6.80. The maximum Gasteiger partial charge on any atom is 0.331 e. The van der Waals surface area contributed by atoms with Crippen LogP contribution in [-0.4, -0.2) is 21.8 Å². The summed E-state index contributed by atoms with van der Waals surface area (Å²) in [5.41, 5.74) is 0.348. The van der Waals surface area contributed by atoms with Crippen molar-refractivity contribution in [2.45, 2.75) is 6.61 Å². The third kappa shape index (κ3) is 2.56. The van der Waals surface area contributed by atoms with Gasteiger partial charge in [0, 0.05) is 7.11 Å². The van der Waals surface area contributed by atoms with Crippen LogP contribution >= 0.6 is 23.2 Å². The van der Waals surface area contributed by atoms with Crippen molar-refractivity contribution in [3.63, 3.8) is 0 Å². The maximum absolute atomic E-state index is 11.0. The average molecular weight is 302 g/mol. The Morgan fingerprint density at radius 1 is 1.42 bits per heavy atom. The Kier molecular flexibility index (Phi) is 4.04. The molecule has 1 aromatic carbocycles. The minimum Gasteiger partial charge on any atom is -0.378 e. The normalized spacial score (nSPS) is 10.7. The summed E-state index contributed by atoms with van der Waals surface area (Å²) in [6.45, 7) is -0.00646. The summed E-state index contributed by atoms with van der Waals surface area (Å²) in [7, 11) is 1.42. The van der Waals surface area contributed by atoms with Gasteiger partial charge in [-0.25, -0.2) is 4.68 Å². The Morgan fingerprint density at radius 2 is 2.11 bits per heavy atom. The summed E-state index contributed by atoms with van der Waals surface area (Å²) in [5.74, 6) is 0. The fourth-order valence-electron chi connectivity index (χ4n) is 1.63. The quantitative estimate of drug-likeness (QED) is 0.642. The SMILES string of the molecule is COCc1nn(-c2ccccc2Cl)c(Cl)c1[N+](=O)[O-]. The van der Waals surface area contributed by atoms with Gasteiger partial charge in [0.05, 0.1) is 22.2 Å². The van der Waals surface area contributed by atoms with E-state index in [1.54, 1.807) is 24.3 Å². The van der Waals surface area contributed by atoms with Crippen molar-refractivity contribution in [1.29, 1.82) is 0 Å². The van der Waals surface area contributed by atoms with Gasteiger partial charge in [0.2, 0.25) is 5.15 Å². The summed E-state index contributed by atoms with van der Waals surface area (Å²) in [4.78, 5) is 10.4. The molecule has 19 heavy (non-hydrogen) atoms. The highest BCUT2D eigenvalue weighted by molar-refractivity contribution is 6.34. The van der Waals surface area contributed by atoms with Gasteiger partial charge in [-0.1, -0.05) is 35.3 Å². The van der Waals surface area contributed by atoms with Crippen LogP contribution in [0.2, 0.25) is 10.2 Å². The van der Waals surface area contributed by atoms with E-state index in [0.29, 0.717) is 10.7 Å². The lowest BCUT2D eigenvalue weighted by Crippen LogP contribution is -1.98. The van der Waals surface area contributed by atoms with Crippen molar-refractivity contribution in [2.75, 3.05) is 7.11 Å². The number of aromatic nitrogens is 2. The first kappa shape index (κ1) is 13.8. The molecule has 0 radical (unpaired) electrons. The molecule has 0 atom stereocenters. The second kappa shape index (κ2) is 5.56. The average Bonchev–Trinajstić information content (AvgIpc) is 2.67. The molecule has 0 aliphatic carbocycles. The zero-order valence-electron chi connectivity index (χ0n) is 9.84. The number of ether oxygens (including phenoxy) is 1. The van der Waals surface area contributed by atoms with E-state index >= 15 is 0 Å². The number of rotatable bonds is 4. The van der Waals surface area contributed by atoms with Gasteiger partial charge in [-0.2, -0.15) is 5.10 Å². The van der Waals surface area contributed by atoms with Crippen LogP contribution in [0.5, 0.6) is 0 Å². The number of benzene rings is 1. The molecular weight excluding hydrogens is 293 g/mol. The molecule has 0 aliphatic rings. The molecule has 0 unspecified atom stereocenters. The van der Waals surface area contributed by atoms with Gasteiger partial charge in [0.25, 0.3) is 0 Å².